The van der Waals surface area contributed by atoms with Gasteiger partial charge in [0.15, 0.2) is 0 Å². The van der Waals surface area contributed by atoms with Crippen LogP contribution in [0, 0.1) is 17.8 Å². The van der Waals surface area contributed by atoms with Gasteiger partial charge in [0.1, 0.15) is 5.69 Å². The summed E-state index contributed by atoms with van der Waals surface area (Å²) in [6, 6.07) is 1.78. The van der Waals surface area contributed by atoms with Crippen LogP contribution in [-0.2, 0) is 11.2 Å². The molecule has 1 saturated heterocycles. The fourth-order valence-corrected chi connectivity index (χ4v) is 4.32. The fourth-order valence-electron chi connectivity index (χ4n) is 4.32. The predicted molar refractivity (Wildman–Crippen MR) is 97.7 cm³/mol. The van der Waals surface area contributed by atoms with E-state index in [0.29, 0.717) is 30.6 Å². The number of aromatic nitrogens is 2. The third-order valence-electron chi connectivity index (χ3n) is 5.70. The molecule has 0 unspecified atom stereocenters. The Hall–Kier alpha value is -2.18. The number of amides is 2. The summed E-state index contributed by atoms with van der Waals surface area (Å²) < 4.78 is 0. The van der Waals surface area contributed by atoms with Crippen LogP contribution in [0.5, 0.6) is 0 Å². The summed E-state index contributed by atoms with van der Waals surface area (Å²) in [5.41, 5.74) is 0.464. The second kappa shape index (κ2) is 7.21. The number of H-pyrrole nitrogens is 1. The largest absolute Gasteiger partial charge is 0.345 e. The lowest BCUT2D eigenvalue weighted by molar-refractivity contribution is -0.134. The van der Waals surface area contributed by atoms with E-state index in [2.05, 4.69) is 23.8 Å². The van der Waals surface area contributed by atoms with Crippen molar-refractivity contribution in [2.24, 2.45) is 17.8 Å². The molecule has 0 bridgehead atoms. The molecule has 2 heterocycles. The van der Waals surface area contributed by atoms with Crippen LogP contribution >= 0.6 is 0 Å². The molecule has 1 aliphatic carbocycles. The summed E-state index contributed by atoms with van der Waals surface area (Å²) in [4.78, 5) is 46.8. The lowest BCUT2D eigenvalue weighted by Crippen LogP contribution is -2.40. The van der Waals surface area contributed by atoms with E-state index in [9.17, 15) is 14.4 Å². The normalized spacial score (nSPS) is 25.5. The van der Waals surface area contributed by atoms with Crippen LogP contribution in [0.3, 0.4) is 0 Å². The molecule has 1 aromatic rings. The molecule has 26 heavy (non-hydrogen) atoms. The number of nitrogens with zero attached hydrogens (tertiary/aromatic N) is 3. The molecule has 2 amide bonds. The first-order chi connectivity index (χ1) is 12.2. The Bertz CT molecular complexity index is 757. The third kappa shape index (κ3) is 3.81. The zero-order valence-corrected chi connectivity index (χ0v) is 16.0. The van der Waals surface area contributed by atoms with Crippen molar-refractivity contribution in [3.05, 3.63) is 27.9 Å². The summed E-state index contributed by atoms with van der Waals surface area (Å²) in [6.45, 7) is 4.89. The van der Waals surface area contributed by atoms with Crippen molar-refractivity contribution < 1.29 is 9.59 Å². The number of likely N-dealkylation sites (tertiary alicyclic amines) is 1. The molecule has 0 spiro atoms. The molecule has 1 aliphatic heterocycles. The molecular weight excluding hydrogens is 332 g/mol. The number of aromatic amines is 1. The van der Waals surface area contributed by atoms with Crippen molar-refractivity contribution in [1.82, 2.24) is 19.8 Å². The van der Waals surface area contributed by atoms with Gasteiger partial charge in [-0.2, -0.15) is 4.98 Å². The number of nitrogens with one attached hydrogen (secondary N) is 1. The van der Waals surface area contributed by atoms with Crippen LogP contribution in [0.4, 0.5) is 0 Å². The topological polar surface area (TPSA) is 86.4 Å². The Labute approximate surface area is 153 Å². The first kappa shape index (κ1) is 18.6. The van der Waals surface area contributed by atoms with E-state index >= 15 is 0 Å². The van der Waals surface area contributed by atoms with Gasteiger partial charge < -0.3 is 14.8 Å². The van der Waals surface area contributed by atoms with Crippen LogP contribution in [0.2, 0.25) is 0 Å². The summed E-state index contributed by atoms with van der Waals surface area (Å²) in [5.74, 6) is 1.14. The average Bonchev–Trinajstić information content (AvgIpc) is 2.95. The van der Waals surface area contributed by atoms with E-state index in [4.69, 9.17) is 0 Å². The van der Waals surface area contributed by atoms with Gasteiger partial charge in [-0.1, -0.05) is 13.8 Å². The zero-order valence-electron chi connectivity index (χ0n) is 16.0. The highest BCUT2D eigenvalue weighted by Crippen LogP contribution is 2.40. The maximum absolute atomic E-state index is 12.9. The van der Waals surface area contributed by atoms with E-state index in [1.165, 1.54) is 0 Å². The minimum absolute atomic E-state index is 0.0893. The number of fused-ring (bicyclic) bond motifs is 1. The standard InChI is InChI=1S/C19H28N4O3/c1-11(2)5-14-9-16(21-19(26)20-14)18(25)23(4)15-6-12-8-17(24)22(3)10-13(12)7-15/h9,11-13,15H,5-8,10H2,1-4H3,(H,20,21,26)/t12-,13+,15-/m1/s1. The van der Waals surface area contributed by atoms with Crippen molar-refractivity contribution in [3.63, 3.8) is 0 Å². The summed E-state index contributed by atoms with van der Waals surface area (Å²) in [7, 11) is 3.62. The number of rotatable bonds is 4. The lowest BCUT2D eigenvalue weighted by atomic mass is 9.88. The van der Waals surface area contributed by atoms with Crippen molar-refractivity contribution in [2.45, 2.75) is 45.6 Å². The molecule has 142 valence electrons. The first-order valence-corrected chi connectivity index (χ1v) is 9.36. The SMILES string of the molecule is CC(C)Cc1cc(C(=O)N(C)[C@@H]2C[C@@H]3CC(=O)N(C)C[C@@H]3C2)nc(=O)[nH]1. The summed E-state index contributed by atoms with van der Waals surface area (Å²) in [6.07, 6.45) is 3.01. The van der Waals surface area contributed by atoms with Gasteiger partial charge in [0.25, 0.3) is 5.91 Å². The lowest BCUT2D eigenvalue weighted by Gasteiger charge is -2.31. The van der Waals surface area contributed by atoms with Crippen molar-refractivity contribution >= 4 is 11.8 Å². The van der Waals surface area contributed by atoms with E-state index in [1.54, 1.807) is 22.9 Å². The zero-order chi connectivity index (χ0) is 19.0. The molecule has 7 heteroatoms. The highest BCUT2D eigenvalue weighted by molar-refractivity contribution is 5.92. The minimum Gasteiger partial charge on any atom is -0.345 e. The second-order valence-corrected chi connectivity index (χ2v) is 8.23. The second-order valence-electron chi connectivity index (χ2n) is 8.23. The van der Waals surface area contributed by atoms with Crippen LogP contribution in [-0.4, -0.2) is 58.3 Å². The Kier molecular flexibility index (Phi) is 5.16. The van der Waals surface area contributed by atoms with Gasteiger partial charge in [-0.25, -0.2) is 4.79 Å². The molecule has 2 aliphatic rings. The Balaban J connectivity index is 1.73. The van der Waals surface area contributed by atoms with Gasteiger partial charge in [0.05, 0.1) is 0 Å². The maximum atomic E-state index is 12.9. The van der Waals surface area contributed by atoms with E-state index in [1.807, 2.05) is 7.05 Å². The highest BCUT2D eigenvalue weighted by Gasteiger charge is 2.42. The molecule has 0 radical (unpaired) electrons. The number of hydrogen-bond donors (Lipinski definition) is 1. The quantitative estimate of drug-likeness (QED) is 0.877. The van der Waals surface area contributed by atoms with Gasteiger partial charge in [0.2, 0.25) is 5.91 Å². The van der Waals surface area contributed by atoms with Crippen LogP contribution in [0.1, 0.15) is 49.3 Å². The number of piperidine rings is 1. The molecule has 0 aromatic carbocycles. The molecule has 2 fully saturated rings. The Morgan fingerprint density at radius 2 is 2.04 bits per heavy atom. The molecule has 1 aromatic heterocycles. The van der Waals surface area contributed by atoms with Crippen molar-refractivity contribution in [1.29, 1.82) is 0 Å². The minimum atomic E-state index is -0.479. The number of hydrogen-bond acceptors (Lipinski definition) is 4. The van der Waals surface area contributed by atoms with Crippen LogP contribution in [0.25, 0.3) is 0 Å². The molecule has 3 rings (SSSR count). The van der Waals surface area contributed by atoms with Crippen molar-refractivity contribution in [3.8, 4) is 0 Å². The third-order valence-corrected chi connectivity index (χ3v) is 5.70. The van der Waals surface area contributed by atoms with Crippen LogP contribution < -0.4 is 5.69 Å². The van der Waals surface area contributed by atoms with Gasteiger partial charge in [-0.05, 0) is 43.1 Å². The van der Waals surface area contributed by atoms with E-state index in [0.717, 1.165) is 25.1 Å². The van der Waals surface area contributed by atoms with E-state index in [-0.39, 0.29) is 23.6 Å². The summed E-state index contributed by atoms with van der Waals surface area (Å²) >= 11 is 0. The number of carbonyl (C=O) groups is 2. The number of carbonyl (C=O) groups excluding carboxylic acids is 2. The first-order valence-electron chi connectivity index (χ1n) is 9.36. The Morgan fingerprint density at radius 3 is 2.73 bits per heavy atom. The van der Waals surface area contributed by atoms with Gasteiger partial charge in [0, 0.05) is 38.8 Å². The van der Waals surface area contributed by atoms with E-state index < -0.39 is 5.69 Å². The predicted octanol–water partition coefficient (Wildman–Crippen LogP) is 1.30. The molecule has 3 atom stereocenters. The molecule has 1 N–H and O–H groups in total. The monoisotopic (exact) mass is 360 g/mol. The maximum Gasteiger partial charge on any atom is 0.345 e. The average molecular weight is 360 g/mol. The van der Waals surface area contributed by atoms with Gasteiger partial charge >= 0.3 is 5.69 Å². The molecule has 7 nitrogen and oxygen atoms in total. The highest BCUT2D eigenvalue weighted by atomic mass is 16.2. The van der Waals surface area contributed by atoms with Crippen LogP contribution in [0.15, 0.2) is 10.9 Å². The van der Waals surface area contributed by atoms with Crippen molar-refractivity contribution in [2.75, 3.05) is 20.6 Å². The van der Waals surface area contributed by atoms with Gasteiger partial charge in [-0.3, -0.25) is 9.59 Å². The molecular formula is C19H28N4O3. The summed E-state index contributed by atoms with van der Waals surface area (Å²) in [5, 5.41) is 0. The fraction of sp³-hybridized carbons (Fsp3) is 0.684. The smallest absolute Gasteiger partial charge is 0.345 e. The van der Waals surface area contributed by atoms with Gasteiger partial charge in [-0.15, -0.1) is 0 Å². The Morgan fingerprint density at radius 1 is 1.35 bits per heavy atom. The molecule has 1 saturated carbocycles.